The Morgan fingerprint density at radius 1 is 0.605 bits per heavy atom. The minimum atomic E-state index is -1.35. The summed E-state index contributed by atoms with van der Waals surface area (Å²) >= 11 is 0. The van der Waals surface area contributed by atoms with Gasteiger partial charge in [0.15, 0.2) is 0 Å². The van der Waals surface area contributed by atoms with Crippen LogP contribution < -0.4 is 13.8 Å². The monoisotopic (exact) mass is 526 g/mol. The zero-order valence-electron chi connectivity index (χ0n) is 23.6. The standard InChI is InChI=1S/C34H39O3P/c1-33(2,3)26-21-22-32(30(23-26)34(4,5)6)37-38(36-27-16-9-8-10-17-27)24-25-15-11-12-18-28(25)29-19-13-14-20-31(29)35-7/h8-23H,24H2,1-7H3. The summed E-state index contributed by atoms with van der Waals surface area (Å²) in [4.78, 5) is 0. The molecule has 4 aromatic rings. The molecule has 0 spiro atoms. The lowest BCUT2D eigenvalue weighted by atomic mass is 9.80. The molecule has 0 bridgehead atoms. The Bertz CT molecular complexity index is 1350. The summed E-state index contributed by atoms with van der Waals surface area (Å²) in [5.74, 6) is 2.53. The highest BCUT2D eigenvalue weighted by Crippen LogP contribution is 2.48. The van der Waals surface area contributed by atoms with Gasteiger partial charge in [0.25, 0.3) is 8.38 Å². The highest BCUT2D eigenvalue weighted by Gasteiger charge is 2.26. The molecule has 0 fully saturated rings. The van der Waals surface area contributed by atoms with Crippen molar-refractivity contribution in [3.8, 4) is 28.4 Å². The van der Waals surface area contributed by atoms with Crippen LogP contribution in [0.5, 0.6) is 17.2 Å². The quantitative estimate of drug-likeness (QED) is 0.214. The summed E-state index contributed by atoms with van der Waals surface area (Å²) in [7, 11) is 0.362. The van der Waals surface area contributed by atoms with Gasteiger partial charge in [0.1, 0.15) is 17.2 Å². The van der Waals surface area contributed by atoms with Gasteiger partial charge in [-0.1, -0.05) is 114 Å². The fraction of sp³-hybridized carbons (Fsp3) is 0.294. The molecule has 0 saturated heterocycles. The molecule has 0 aromatic heterocycles. The Morgan fingerprint density at radius 2 is 1.24 bits per heavy atom. The predicted molar refractivity (Wildman–Crippen MR) is 161 cm³/mol. The summed E-state index contributed by atoms with van der Waals surface area (Å²) in [5, 5.41) is 0. The van der Waals surface area contributed by atoms with Gasteiger partial charge in [0.05, 0.1) is 13.3 Å². The maximum absolute atomic E-state index is 6.81. The van der Waals surface area contributed by atoms with Crippen molar-refractivity contribution in [2.75, 3.05) is 7.11 Å². The van der Waals surface area contributed by atoms with Crippen LogP contribution in [0.1, 0.15) is 58.2 Å². The van der Waals surface area contributed by atoms with Crippen molar-refractivity contribution in [1.82, 2.24) is 0 Å². The van der Waals surface area contributed by atoms with Crippen molar-refractivity contribution in [2.24, 2.45) is 0 Å². The van der Waals surface area contributed by atoms with Crippen LogP contribution in [-0.4, -0.2) is 7.11 Å². The molecule has 0 N–H and O–H groups in total. The molecule has 3 nitrogen and oxygen atoms in total. The van der Waals surface area contributed by atoms with Crippen molar-refractivity contribution >= 4 is 8.38 Å². The first-order valence-electron chi connectivity index (χ1n) is 13.1. The third kappa shape index (κ3) is 6.77. The van der Waals surface area contributed by atoms with Crippen molar-refractivity contribution in [2.45, 2.75) is 58.5 Å². The van der Waals surface area contributed by atoms with E-state index >= 15 is 0 Å². The van der Waals surface area contributed by atoms with Crippen LogP contribution in [-0.2, 0) is 17.0 Å². The average molecular weight is 527 g/mol. The molecule has 38 heavy (non-hydrogen) atoms. The minimum absolute atomic E-state index is 0.0531. The second-order valence-corrected chi connectivity index (χ2v) is 12.9. The molecular weight excluding hydrogens is 487 g/mol. The largest absolute Gasteiger partial charge is 0.496 e. The number of rotatable bonds is 8. The highest BCUT2D eigenvalue weighted by atomic mass is 31.2. The fourth-order valence-corrected chi connectivity index (χ4v) is 5.84. The summed E-state index contributed by atoms with van der Waals surface area (Å²) in [6.07, 6.45) is 0.628. The van der Waals surface area contributed by atoms with Crippen molar-refractivity contribution in [3.05, 3.63) is 114 Å². The molecule has 4 heteroatoms. The lowest BCUT2D eigenvalue weighted by molar-refractivity contribution is 0.416. The Kier molecular flexibility index (Phi) is 8.48. The van der Waals surface area contributed by atoms with E-state index in [4.69, 9.17) is 13.8 Å². The first kappa shape index (κ1) is 27.7. The highest BCUT2D eigenvalue weighted by molar-refractivity contribution is 7.47. The minimum Gasteiger partial charge on any atom is -0.496 e. The Balaban J connectivity index is 1.75. The van der Waals surface area contributed by atoms with Gasteiger partial charge in [-0.25, -0.2) is 0 Å². The first-order valence-corrected chi connectivity index (χ1v) is 14.5. The molecular formula is C34H39O3P. The molecule has 0 saturated carbocycles. The smallest absolute Gasteiger partial charge is 0.295 e. The molecule has 4 aromatic carbocycles. The number of ether oxygens (including phenoxy) is 1. The maximum Gasteiger partial charge on any atom is 0.295 e. The van der Waals surface area contributed by atoms with E-state index in [-0.39, 0.29) is 10.8 Å². The van der Waals surface area contributed by atoms with Gasteiger partial charge in [-0.3, -0.25) is 0 Å². The topological polar surface area (TPSA) is 27.7 Å². The van der Waals surface area contributed by atoms with Gasteiger partial charge < -0.3 is 13.8 Å². The zero-order chi connectivity index (χ0) is 27.3. The van der Waals surface area contributed by atoms with Gasteiger partial charge in [0, 0.05) is 11.1 Å². The summed E-state index contributed by atoms with van der Waals surface area (Å²) in [6, 6.07) is 33.1. The van der Waals surface area contributed by atoms with Crippen LogP contribution in [0.15, 0.2) is 97.1 Å². The number of hydrogen-bond acceptors (Lipinski definition) is 3. The normalized spacial score (nSPS) is 12.6. The second kappa shape index (κ2) is 11.6. The molecule has 0 radical (unpaired) electrons. The molecule has 0 aliphatic heterocycles. The second-order valence-electron chi connectivity index (χ2n) is 11.6. The van der Waals surface area contributed by atoms with Crippen molar-refractivity contribution in [1.29, 1.82) is 0 Å². The van der Waals surface area contributed by atoms with Gasteiger partial charge >= 0.3 is 0 Å². The third-order valence-corrected chi connectivity index (χ3v) is 7.93. The van der Waals surface area contributed by atoms with Crippen LogP contribution in [0.25, 0.3) is 11.1 Å². The third-order valence-electron chi connectivity index (χ3n) is 6.52. The van der Waals surface area contributed by atoms with Gasteiger partial charge in [0.2, 0.25) is 0 Å². The van der Waals surface area contributed by atoms with Gasteiger partial charge in [-0.15, -0.1) is 0 Å². The number of hydrogen-bond donors (Lipinski definition) is 0. The SMILES string of the molecule is COc1ccccc1-c1ccccc1CP(Oc1ccccc1)Oc1ccc(C(C)(C)C)cc1C(C)(C)C. The molecule has 1 atom stereocenters. The van der Waals surface area contributed by atoms with Crippen LogP contribution in [0, 0.1) is 0 Å². The molecule has 198 valence electrons. The van der Waals surface area contributed by atoms with E-state index in [9.17, 15) is 0 Å². The number of methoxy groups -OCH3 is 1. The molecule has 0 heterocycles. The Hall–Kier alpha value is -3.29. The molecule has 0 aliphatic carbocycles. The molecule has 4 rings (SSSR count). The van der Waals surface area contributed by atoms with Crippen LogP contribution >= 0.6 is 8.38 Å². The Labute approximate surface area is 229 Å². The zero-order valence-corrected chi connectivity index (χ0v) is 24.5. The molecule has 0 amide bonds. The summed E-state index contributed by atoms with van der Waals surface area (Å²) in [6.45, 7) is 13.4. The number of benzene rings is 4. The summed E-state index contributed by atoms with van der Waals surface area (Å²) in [5.41, 5.74) is 5.79. The van der Waals surface area contributed by atoms with Crippen molar-refractivity contribution in [3.63, 3.8) is 0 Å². The lowest BCUT2D eigenvalue weighted by Gasteiger charge is -2.29. The first-order chi connectivity index (χ1) is 18.1. The lowest BCUT2D eigenvalue weighted by Crippen LogP contribution is -2.17. The summed E-state index contributed by atoms with van der Waals surface area (Å²) < 4.78 is 19.0. The van der Waals surface area contributed by atoms with E-state index in [1.165, 1.54) is 11.1 Å². The maximum atomic E-state index is 6.81. The van der Waals surface area contributed by atoms with E-state index in [2.05, 4.69) is 90.1 Å². The van der Waals surface area contributed by atoms with E-state index < -0.39 is 8.38 Å². The van der Waals surface area contributed by atoms with E-state index in [1.807, 2.05) is 48.5 Å². The molecule has 1 unspecified atom stereocenters. The van der Waals surface area contributed by atoms with Crippen LogP contribution in [0.4, 0.5) is 0 Å². The number of para-hydroxylation sites is 2. The average Bonchev–Trinajstić information content (AvgIpc) is 2.88. The predicted octanol–water partition coefficient (Wildman–Crippen LogP) is 9.93. The fourth-order valence-electron chi connectivity index (χ4n) is 4.38. The van der Waals surface area contributed by atoms with Crippen molar-refractivity contribution < 1.29 is 13.8 Å². The van der Waals surface area contributed by atoms with Gasteiger partial charge in [-0.05, 0) is 51.8 Å². The van der Waals surface area contributed by atoms with Crippen LogP contribution in [0.2, 0.25) is 0 Å². The van der Waals surface area contributed by atoms with E-state index in [0.717, 1.165) is 33.9 Å². The van der Waals surface area contributed by atoms with Gasteiger partial charge in [-0.2, -0.15) is 0 Å². The van der Waals surface area contributed by atoms with E-state index in [0.29, 0.717) is 6.16 Å². The molecule has 0 aliphatic rings. The Morgan fingerprint density at radius 3 is 1.89 bits per heavy atom. The van der Waals surface area contributed by atoms with Crippen LogP contribution in [0.3, 0.4) is 0 Å². The van der Waals surface area contributed by atoms with E-state index in [1.54, 1.807) is 7.11 Å².